The minimum Gasteiger partial charge on any atom is -0.455 e. The molecule has 4 aromatic carbocycles. The minimum atomic E-state index is 1.04. The van der Waals surface area contributed by atoms with Gasteiger partial charge in [-0.05, 0) is 47.6 Å². The molecule has 0 saturated heterocycles. The molecule has 0 amide bonds. The number of fused-ring (bicyclic) bond motifs is 2. The van der Waals surface area contributed by atoms with E-state index in [9.17, 15) is 0 Å². The van der Waals surface area contributed by atoms with Crippen molar-refractivity contribution >= 4 is 21.5 Å². The summed E-state index contributed by atoms with van der Waals surface area (Å²) in [6.07, 6.45) is 9.48. The third kappa shape index (κ3) is 4.93. The Morgan fingerprint density at radius 2 is 0.968 bits per heavy atom. The van der Waals surface area contributed by atoms with Crippen LogP contribution in [0.1, 0.15) is 63.5 Å². The van der Waals surface area contributed by atoms with Gasteiger partial charge in [0, 0.05) is 10.8 Å². The number of aryl methyl sites for hydroxylation is 2. The van der Waals surface area contributed by atoms with E-state index < -0.39 is 0 Å². The fourth-order valence-corrected chi connectivity index (χ4v) is 4.44. The summed E-state index contributed by atoms with van der Waals surface area (Å²) in [5.74, 6) is 2.09. The molecule has 0 spiro atoms. The van der Waals surface area contributed by atoms with Crippen LogP contribution in [-0.2, 0) is 12.8 Å². The zero-order valence-corrected chi connectivity index (χ0v) is 19.0. The van der Waals surface area contributed by atoms with E-state index in [4.69, 9.17) is 4.74 Å². The first-order valence-electron chi connectivity index (χ1n) is 12.0. The Morgan fingerprint density at radius 1 is 0.516 bits per heavy atom. The van der Waals surface area contributed by atoms with E-state index in [2.05, 4.69) is 86.6 Å². The zero-order valence-electron chi connectivity index (χ0n) is 19.0. The van der Waals surface area contributed by atoms with Crippen molar-refractivity contribution in [2.45, 2.75) is 65.2 Å². The molecule has 0 N–H and O–H groups in total. The Morgan fingerprint density at radius 3 is 1.42 bits per heavy atom. The molecule has 0 fully saturated rings. The quantitative estimate of drug-likeness (QED) is 0.237. The van der Waals surface area contributed by atoms with Gasteiger partial charge in [-0.1, -0.05) is 112 Å². The predicted molar refractivity (Wildman–Crippen MR) is 134 cm³/mol. The first-order valence-corrected chi connectivity index (χ1v) is 12.0. The van der Waals surface area contributed by atoms with Gasteiger partial charge in [-0.2, -0.15) is 0 Å². The van der Waals surface area contributed by atoms with Gasteiger partial charge in [0.15, 0.2) is 0 Å². The predicted octanol–water partition coefficient (Wildman–Crippen LogP) is 9.25. The molecule has 0 bridgehead atoms. The van der Waals surface area contributed by atoms with Gasteiger partial charge in [-0.3, -0.25) is 0 Å². The van der Waals surface area contributed by atoms with Crippen molar-refractivity contribution in [3.8, 4) is 11.5 Å². The van der Waals surface area contributed by atoms with Crippen LogP contribution >= 0.6 is 0 Å². The van der Waals surface area contributed by atoms with Crippen LogP contribution in [0.15, 0.2) is 72.8 Å². The fourth-order valence-electron chi connectivity index (χ4n) is 4.44. The largest absolute Gasteiger partial charge is 0.455 e. The maximum absolute atomic E-state index is 6.93. The molecule has 0 aliphatic heterocycles. The third-order valence-corrected chi connectivity index (χ3v) is 6.23. The highest BCUT2D eigenvalue weighted by Gasteiger charge is 2.15. The summed E-state index contributed by atoms with van der Waals surface area (Å²) in [6, 6.07) is 26.3. The zero-order chi connectivity index (χ0) is 21.5. The summed E-state index contributed by atoms with van der Waals surface area (Å²) in [4.78, 5) is 0. The molecule has 1 nitrogen and oxygen atoms in total. The summed E-state index contributed by atoms with van der Waals surface area (Å²) in [5, 5.41) is 4.90. The van der Waals surface area contributed by atoms with Crippen LogP contribution in [0.3, 0.4) is 0 Å². The van der Waals surface area contributed by atoms with Gasteiger partial charge < -0.3 is 4.74 Å². The molecule has 0 aromatic heterocycles. The van der Waals surface area contributed by atoms with Crippen LogP contribution in [0.5, 0.6) is 11.5 Å². The maximum Gasteiger partial charge on any atom is 0.138 e. The first kappa shape index (κ1) is 21.4. The van der Waals surface area contributed by atoms with Crippen molar-refractivity contribution < 1.29 is 4.74 Å². The van der Waals surface area contributed by atoms with Crippen LogP contribution in [0, 0.1) is 0 Å². The molecular formula is C30H34O. The SMILES string of the molecule is CCCCCc1ccc2ccccc2c1Oc1c(CCCCC)ccc2ccccc12. The minimum absolute atomic E-state index is 1.04. The highest BCUT2D eigenvalue weighted by atomic mass is 16.5. The van der Waals surface area contributed by atoms with Crippen LogP contribution < -0.4 is 4.74 Å². The molecule has 4 aromatic rings. The van der Waals surface area contributed by atoms with Gasteiger partial charge in [-0.15, -0.1) is 0 Å². The molecule has 0 atom stereocenters. The number of benzene rings is 4. The van der Waals surface area contributed by atoms with Gasteiger partial charge in [0.1, 0.15) is 11.5 Å². The van der Waals surface area contributed by atoms with E-state index in [1.165, 1.54) is 71.2 Å². The molecule has 0 radical (unpaired) electrons. The Hall–Kier alpha value is -2.80. The average Bonchev–Trinajstić information content (AvgIpc) is 2.81. The molecule has 4 rings (SSSR count). The van der Waals surface area contributed by atoms with Crippen molar-refractivity contribution in [3.05, 3.63) is 83.9 Å². The second-order valence-corrected chi connectivity index (χ2v) is 8.57. The number of hydrogen-bond donors (Lipinski definition) is 0. The van der Waals surface area contributed by atoms with Crippen molar-refractivity contribution in [1.82, 2.24) is 0 Å². The summed E-state index contributed by atoms with van der Waals surface area (Å²) in [7, 11) is 0. The highest BCUT2D eigenvalue weighted by molar-refractivity contribution is 5.93. The molecule has 0 aliphatic rings. The topological polar surface area (TPSA) is 9.23 Å². The van der Waals surface area contributed by atoms with E-state index in [-0.39, 0.29) is 0 Å². The molecule has 0 aliphatic carbocycles. The number of hydrogen-bond acceptors (Lipinski definition) is 1. The van der Waals surface area contributed by atoms with E-state index in [1.54, 1.807) is 0 Å². The van der Waals surface area contributed by atoms with E-state index in [1.807, 2.05) is 0 Å². The molecule has 1 heteroatoms. The van der Waals surface area contributed by atoms with Crippen LogP contribution in [0.4, 0.5) is 0 Å². The van der Waals surface area contributed by atoms with Crippen molar-refractivity contribution in [3.63, 3.8) is 0 Å². The van der Waals surface area contributed by atoms with Gasteiger partial charge >= 0.3 is 0 Å². The van der Waals surface area contributed by atoms with Gasteiger partial charge in [-0.25, -0.2) is 0 Å². The summed E-state index contributed by atoms with van der Waals surface area (Å²) >= 11 is 0. The summed E-state index contributed by atoms with van der Waals surface area (Å²) < 4.78 is 6.93. The molecular weight excluding hydrogens is 376 g/mol. The lowest BCUT2D eigenvalue weighted by molar-refractivity contribution is 0.478. The molecule has 31 heavy (non-hydrogen) atoms. The lowest BCUT2D eigenvalue weighted by atomic mass is 9.99. The smallest absolute Gasteiger partial charge is 0.138 e. The lowest BCUT2D eigenvalue weighted by Crippen LogP contribution is -1.98. The Labute approximate surface area is 187 Å². The number of unbranched alkanes of at least 4 members (excludes halogenated alkanes) is 4. The number of rotatable bonds is 10. The third-order valence-electron chi connectivity index (χ3n) is 6.23. The second-order valence-electron chi connectivity index (χ2n) is 8.57. The second kappa shape index (κ2) is 10.5. The van der Waals surface area contributed by atoms with Crippen molar-refractivity contribution in [2.75, 3.05) is 0 Å². The number of ether oxygens (including phenoxy) is 1. The average molecular weight is 411 g/mol. The standard InChI is InChI=1S/C30H34O/c1-3-5-7-15-25-21-19-23-13-9-11-17-27(23)29(25)31-30-26(16-8-6-4-2)22-20-24-14-10-12-18-28(24)30/h9-14,17-22H,3-8,15-16H2,1-2H3. The van der Waals surface area contributed by atoms with E-state index in [0.29, 0.717) is 0 Å². The summed E-state index contributed by atoms with van der Waals surface area (Å²) in [5.41, 5.74) is 2.64. The maximum atomic E-state index is 6.93. The van der Waals surface area contributed by atoms with Gasteiger partial charge in [0.2, 0.25) is 0 Å². The van der Waals surface area contributed by atoms with Gasteiger partial charge in [0.25, 0.3) is 0 Å². The van der Waals surface area contributed by atoms with Gasteiger partial charge in [0.05, 0.1) is 0 Å². The molecule has 0 heterocycles. The van der Waals surface area contributed by atoms with E-state index in [0.717, 1.165) is 24.3 Å². The fraction of sp³-hybridized carbons (Fsp3) is 0.333. The lowest BCUT2D eigenvalue weighted by Gasteiger charge is -2.19. The normalized spacial score (nSPS) is 11.3. The van der Waals surface area contributed by atoms with E-state index >= 15 is 0 Å². The first-order chi connectivity index (χ1) is 15.3. The monoisotopic (exact) mass is 410 g/mol. The Bertz CT molecular complexity index is 1050. The van der Waals surface area contributed by atoms with Crippen molar-refractivity contribution in [2.24, 2.45) is 0 Å². The molecule has 0 unspecified atom stereocenters. The van der Waals surface area contributed by atoms with Crippen LogP contribution in [0.2, 0.25) is 0 Å². The Kier molecular flexibility index (Phi) is 7.25. The van der Waals surface area contributed by atoms with Crippen LogP contribution in [0.25, 0.3) is 21.5 Å². The highest BCUT2D eigenvalue weighted by Crippen LogP contribution is 2.40. The summed E-state index contributed by atoms with van der Waals surface area (Å²) in [6.45, 7) is 4.52. The van der Waals surface area contributed by atoms with Crippen LogP contribution in [-0.4, -0.2) is 0 Å². The molecule has 160 valence electrons. The molecule has 0 saturated carbocycles. The Balaban J connectivity index is 1.82. The van der Waals surface area contributed by atoms with Crippen molar-refractivity contribution in [1.29, 1.82) is 0 Å².